The van der Waals surface area contributed by atoms with Crippen LogP contribution in [0.25, 0.3) is 0 Å². The number of amides is 1. The summed E-state index contributed by atoms with van der Waals surface area (Å²) in [5.74, 6) is -0.0308. The van der Waals surface area contributed by atoms with Crippen LogP contribution < -0.4 is 10.6 Å². The van der Waals surface area contributed by atoms with Gasteiger partial charge in [0.05, 0.1) is 12.6 Å². The molecule has 0 fully saturated rings. The monoisotopic (exact) mass is 278 g/mol. The molecule has 0 saturated carbocycles. The fourth-order valence-electron chi connectivity index (χ4n) is 1.91. The molecule has 1 aromatic rings. The van der Waals surface area contributed by atoms with Gasteiger partial charge in [-0.15, -0.1) is 0 Å². The molecule has 0 saturated heterocycles. The molecule has 20 heavy (non-hydrogen) atoms. The lowest BCUT2D eigenvalue weighted by Crippen LogP contribution is -2.42. The van der Waals surface area contributed by atoms with Gasteiger partial charge in [0.2, 0.25) is 5.91 Å². The Bertz CT molecular complexity index is 399. The number of carbonyl (C=O) groups excluding carboxylic acids is 1. The Hall–Kier alpha value is -1.39. The molecule has 1 rings (SSSR count). The van der Waals surface area contributed by atoms with Gasteiger partial charge in [-0.2, -0.15) is 0 Å². The first-order valence-electron chi connectivity index (χ1n) is 7.10. The third-order valence-corrected chi connectivity index (χ3v) is 2.92. The molecule has 1 aromatic carbocycles. The zero-order valence-corrected chi connectivity index (χ0v) is 12.6. The normalized spacial score (nSPS) is 13.0. The van der Waals surface area contributed by atoms with Crippen LogP contribution in [0.15, 0.2) is 30.3 Å². The summed E-state index contributed by atoms with van der Waals surface area (Å²) in [4.78, 5) is 11.8. The molecule has 1 atom stereocenters. The Kier molecular flexibility index (Phi) is 6.68. The van der Waals surface area contributed by atoms with Gasteiger partial charge in [-0.25, -0.2) is 0 Å². The average molecular weight is 278 g/mol. The summed E-state index contributed by atoms with van der Waals surface area (Å²) >= 11 is 0. The molecule has 0 aliphatic heterocycles. The van der Waals surface area contributed by atoms with E-state index >= 15 is 0 Å². The molecular weight excluding hydrogens is 252 g/mol. The number of benzene rings is 1. The largest absolute Gasteiger partial charge is 0.394 e. The van der Waals surface area contributed by atoms with Crippen molar-refractivity contribution in [2.24, 2.45) is 0 Å². The summed E-state index contributed by atoms with van der Waals surface area (Å²) in [6, 6.07) is 9.64. The van der Waals surface area contributed by atoms with E-state index in [9.17, 15) is 9.90 Å². The Morgan fingerprint density at radius 1 is 1.25 bits per heavy atom. The minimum absolute atomic E-state index is 0.0146. The summed E-state index contributed by atoms with van der Waals surface area (Å²) in [5.41, 5.74) is 1.13. The molecular formula is C16H26N2O2. The van der Waals surface area contributed by atoms with Crippen molar-refractivity contribution in [3.63, 3.8) is 0 Å². The first kappa shape index (κ1) is 16.7. The van der Waals surface area contributed by atoms with Gasteiger partial charge in [-0.3, -0.25) is 4.79 Å². The third kappa shape index (κ3) is 7.26. The molecule has 1 amide bonds. The van der Waals surface area contributed by atoms with Gasteiger partial charge in [-0.1, -0.05) is 30.3 Å². The SMILES string of the molecule is CC(C)(C)NCCC(=O)N[C@@H](CO)Cc1ccccc1. The second-order valence-corrected chi connectivity index (χ2v) is 6.06. The maximum absolute atomic E-state index is 11.8. The van der Waals surface area contributed by atoms with Crippen LogP contribution in [0.1, 0.15) is 32.8 Å². The Balaban J connectivity index is 2.34. The van der Waals surface area contributed by atoms with Gasteiger partial charge in [-0.05, 0) is 32.8 Å². The highest BCUT2D eigenvalue weighted by molar-refractivity contribution is 5.76. The Morgan fingerprint density at radius 2 is 1.90 bits per heavy atom. The topological polar surface area (TPSA) is 61.4 Å². The lowest BCUT2D eigenvalue weighted by Gasteiger charge is -2.21. The third-order valence-electron chi connectivity index (χ3n) is 2.92. The van der Waals surface area contributed by atoms with Crippen LogP contribution in [0.5, 0.6) is 0 Å². The standard InChI is InChI=1S/C16H26N2O2/c1-16(2,3)17-10-9-15(20)18-14(12-19)11-13-7-5-4-6-8-13/h4-8,14,17,19H,9-12H2,1-3H3,(H,18,20)/t14-/m1/s1. The molecule has 0 radical (unpaired) electrons. The predicted molar refractivity (Wildman–Crippen MR) is 81.5 cm³/mol. The number of carbonyl (C=O) groups is 1. The number of hydrogen-bond donors (Lipinski definition) is 3. The first-order valence-corrected chi connectivity index (χ1v) is 7.10. The van der Waals surface area contributed by atoms with E-state index in [0.29, 0.717) is 19.4 Å². The molecule has 0 spiro atoms. The fourth-order valence-corrected chi connectivity index (χ4v) is 1.91. The van der Waals surface area contributed by atoms with E-state index in [1.54, 1.807) is 0 Å². The van der Waals surface area contributed by atoms with Crippen molar-refractivity contribution >= 4 is 5.91 Å². The van der Waals surface area contributed by atoms with Gasteiger partial charge in [0.1, 0.15) is 0 Å². The molecule has 4 heteroatoms. The molecule has 0 aliphatic rings. The van der Waals surface area contributed by atoms with E-state index in [4.69, 9.17) is 0 Å². The van der Waals surface area contributed by atoms with Crippen molar-refractivity contribution < 1.29 is 9.90 Å². The van der Waals surface area contributed by atoms with Gasteiger partial charge in [0, 0.05) is 18.5 Å². The average Bonchev–Trinajstić information content (AvgIpc) is 2.37. The molecule has 0 aliphatic carbocycles. The number of aliphatic hydroxyl groups excluding tert-OH is 1. The summed E-state index contributed by atoms with van der Waals surface area (Å²) in [7, 11) is 0. The van der Waals surface area contributed by atoms with E-state index in [-0.39, 0.29) is 24.1 Å². The number of aliphatic hydroxyl groups is 1. The molecule has 112 valence electrons. The predicted octanol–water partition coefficient (Wildman–Crippen LogP) is 1.48. The van der Waals surface area contributed by atoms with Crippen LogP contribution >= 0.6 is 0 Å². The maximum atomic E-state index is 11.8. The fraction of sp³-hybridized carbons (Fsp3) is 0.562. The summed E-state index contributed by atoms with van der Waals surface area (Å²) < 4.78 is 0. The van der Waals surface area contributed by atoms with E-state index in [0.717, 1.165) is 5.56 Å². The molecule has 3 N–H and O–H groups in total. The van der Waals surface area contributed by atoms with Crippen molar-refractivity contribution in [1.82, 2.24) is 10.6 Å². The number of hydrogen-bond acceptors (Lipinski definition) is 3. The van der Waals surface area contributed by atoms with E-state index < -0.39 is 0 Å². The molecule has 0 heterocycles. The van der Waals surface area contributed by atoms with Crippen LogP contribution in [0.2, 0.25) is 0 Å². The van der Waals surface area contributed by atoms with Gasteiger partial charge >= 0.3 is 0 Å². The summed E-state index contributed by atoms with van der Waals surface area (Å²) in [6.45, 7) is 6.79. The zero-order valence-electron chi connectivity index (χ0n) is 12.6. The molecule has 4 nitrogen and oxygen atoms in total. The summed E-state index contributed by atoms with van der Waals surface area (Å²) in [6.07, 6.45) is 1.07. The minimum Gasteiger partial charge on any atom is -0.394 e. The second kappa shape index (κ2) is 8.02. The molecule has 0 aromatic heterocycles. The van der Waals surface area contributed by atoms with Crippen LogP contribution in [0.3, 0.4) is 0 Å². The van der Waals surface area contributed by atoms with E-state index in [1.165, 1.54) is 0 Å². The van der Waals surface area contributed by atoms with Crippen LogP contribution in [0.4, 0.5) is 0 Å². The second-order valence-electron chi connectivity index (χ2n) is 6.06. The molecule has 0 bridgehead atoms. The number of nitrogens with one attached hydrogen (secondary N) is 2. The van der Waals surface area contributed by atoms with E-state index in [2.05, 4.69) is 31.4 Å². The highest BCUT2D eigenvalue weighted by Crippen LogP contribution is 2.03. The van der Waals surface area contributed by atoms with Gasteiger partial charge in [0.25, 0.3) is 0 Å². The highest BCUT2D eigenvalue weighted by Gasteiger charge is 2.13. The van der Waals surface area contributed by atoms with Crippen LogP contribution in [0, 0.1) is 0 Å². The van der Waals surface area contributed by atoms with Crippen molar-refractivity contribution in [2.45, 2.75) is 45.2 Å². The minimum atomic E-state index is -0.223. The Morgan fingerprint density at radius 3 is 2.45 bits per heavy atom. The lowest BCUT2D eigenvalue weighted by atomic mass is 10.1. The van der Waals surface area contributed by atoms with Crippen molar-refractivity contribution in [1.29, 1.82) is 0 Å². The first-order chi connectivity index (χ1) is 9.40. The number of rotatable bonds is 7. The van der Waals surface area contributed by atoms with Crippen molar-refractivity contribution in [3.8, 4) is 0 Å². The van der Waals surface area contributed by atoms with Gasteiger partial charge in [0.15, 0.2) is 0 Å². The maximum Gasteiger partial charge on any atom is 0.221 e. The molecule has 0 unspecified atom stereocenters. The summed E-state index contributed by atoms with van der Waals surface area (Å²) in [5, 5.41) is 15.5. The van der Waals surface area contributed by atoms with Gasteiger partial charge < -0.3 is 15.7 Å². The van der Waals surface area contributed by atoms with Crippen molar-refractivity contribution in [3.05, 3.63) is 35.9 Å². The quantitative estimate of drug-likeness (QED) is 0.708. The lowest BCUT2D eigenvalue weighted by molar-refractivity contribution is -0.122. The Labute approximate surface area is 121 Å². The van der Waals surface area contributed by atoms with Crippen LogP contribution in [-0.2, 0) is 11.2 Å². The highest BCUT2D eigenvalue weighted by atomic mass is 16.3. The van der Waals surface area contributed by atoms with Crippen molar-refractivity contribution in [2.75, 3.05) is 13.2 Å². The zero-order chi connectivity index (χ0) is 15.0. The van der Waals surface area contributed by atoms with E-state index in [1.807, 2.05) is 30.3 Å². The van der Waals surface area contributed by atoms with Crippen LogP contribution in [-0.4, -0.2) is 35.7 Å². The smallest absolute Gasteiger partial charge is 0.221 e.